The minimum Gasteiger partial charge on any atom is -0.328 e. The second-order valence-corrected chi connectivity index (χ2v) is 12.8. The van der Waals surface area contributed by atoms with Crippen LogP contribution in [0.2, 0.25) is 0 Å². The van der Waals surface area contributed by atoms with Crippen LogP contribution in [-0.2, 0) is 0 Å². The van der Waals surface area contributed by atoms with Crippen LogP contribution < -0.4 is 0 Å². The summed E-state index contributed by atoms with van der Waals surface area (Å²) < 4.78 is 2.46. The molecule has 0 bridgehead atoms. The molecule has 0 aliphatic carbocycles. The third-order valence-corrected chi connectivity index (χ3v) is 8.01. The van der Waals surface area contributed by atoms with Gasteiger partial charge in [0.15, 0.2) is 0 Å². The smallest absolute Gasteiger partial charge is 0.0782 e. The number of hydrogen-bond acceptors (Lipinski definition) is 0. The van der Waals surface area contributed by atoms with Crippen LogP contribution in [0.1, 0.15) is 155 Å². The fourth-order valence-electron chi connectivity index (χ4n) is 5.36. The first-order chi connectivity index (χ1) is 16.3. The van der Waals surface area contributed by atoms with E-state index in [0.29, 0.717) is 0 Å². The lowest BCUT2D eigenvalue weighted by Gasteiger charge is -2.31. The molecule has 0 saturated carbocycles. The predicted molar refractivity (Wildman–Crippen MR) is 157 cm³/mol. The molecule has 0 rings (SSSR count). The Kier molecular flexibility index (Phi) is 23.3. The number of quaternary nitrogens is 2. The molecule has 0 unspecified atom stereocenters. The van der Waals surface area contributed by atoms with E-state index in [1.807, 2.05) is 0 Å². The maximum absolute atomic E-state index is 2.46. The fraction of sp³-hybridized carbons (Fsp3) is 1.00. The van der Waals surface area contributed by atoms with Crippen LogP contribution in [0.25, 0.3) is 0 Å². The number of nitrogens with zero attached hydrogens (tertiary/aromatic N) is 2. The van der Waals surface area contributed by atoms with Crippen molar-refractivity contribution in [1.29, 1.82) is 0 Å². The van der Waals surface area contributed by atoms with Crippen LogP contribution in [0.3, 0.4) is 0 Å². The first kappa shape index (κ1) is 33.9. The lowest BCUT2D eigenvalue weighted by Crippen LogP contribution is -2.41. The summed E-state index contributed by atoms with van der Waals surface area (Å²) in [5.41, 5.74) is 0. The summed E-state index contributed by atoms with van der Waals surface area (Å²) in [6.07, 6.45) is 31.7. The average molecular weight is 483 g/mol. The normalized spacial score (nSPS) is 12.5. The Hall–Kier alpha value is -0.0800. The second kappa shape index (κ2) is 23.3. The van der Waals surface area contributed by atoms with E-state index in [0.717, 1.165) is 0 Å². The van der Waals surface area contributed by atoms with Crippen molar-refractivity contribution in [3.63, 3.8) is 0 Å². The molecular weight excluding hydrogens is 412 g/mol. The van der Waals surface area contributed by atoms with Crippen molar-refractivity contribution in [2.24, 2.45) is 0 Å². The van der Waals surface area contributed by atoms with Crippen LogP contribution in [0.15, 0.2) is 0 Å². The SMILES string of the molecule is CCCCCCCCCCCCCCCC[N+](C)(C)CCCCCC[N+](C)(C)CCCCCC. The highest BCUT2D eigenvalue weighted by Gasteiger charge is 2.15. The van der Waals surface area contributed by atoms with E-state index >= 15 is 0 Å². The Balaban J connectivity index is 3.47. The fourth-order valence-corrected chi connectivity index (χ4v) is 5.36. The van der Waals surface area contributed by atoms with Crippen molar-refractivity contribution >= 4 is 0 Å². The van der Waals surface area contributed by atoms with Crippen LogP contribution in [0.5, 0.6) is 0 Å². The summed E-state index contributed by atoms with van der Waals surface area (Å²) in [7, 11) is 9.78. The monoisotopic (exact) mass is 483 g/mol. The van der Waals surface area contributed by atoms with Crippen LogP contribution in [0, 0.1) is 0 Å². The van der Waals surface area contributed by atoms with Gasteiger partial charge in [-0.15, -0.1) is 0 Å². The molecule has 0 aromatic carbocycles. The van der Waals surface area contributed by atoms with Crippen LogP contribution in [-0.4, -0.2) is 63.3 Å². The largest absolute Gasteiger partial charge is 0.328 e. The summed E-state index contributed by atoms with van der Waals surface area (Å²) in [4.78, 5) is 0. The summed E-state index contributed by atoms with van der Waals surface area (Å²) >= 11 is 0. The van der Waals surface area contributed by atoms with Crippen molar-refractivity contribution in [2.75, 3.05) is 54.4 Å². The zero-order chi connectivity index (χ0) is 25.4. The van der Waals surface area contributed by atoms with Crippen molar-refractivity contribution < 1.29 is 8.97 Å². The van der Waals surface area contributed by atoms with Crippen LogP contribution in [0.4, 0.5) is 0 Å². The molecule has 0 radical (unpaired) electrons. The van der Waals surface area contributed by atoms with Gasteiger partial charge in [-0.3, -0.25) is 0 Å². The lowest BCUT2D eigenvalue weighted by molar-refractivity contribution is -0.891. The molecule has 2 heteroatoms. The highest BCUT2D eigenvalue weighted by molar-refractivity contribution is 4.50. The van der Waals surface area contributed by atoms with Gasteiger partial charge in [0.25, 0.3) is 0 Å². The summed E-state index contributed by atoms with van der Waals surface area (Å²) in [5.74, 6) is 0. The molecule has 0 spiro atoms. The van der Waals surface area contributed by atoms with Crippen molar-refractivity contribution in [1.82, 2.24) is 0 Å². The van der Waals surface area contributed by atoms with E-state index in [1.165, 1.54) is 176 Å². The van der Waals surface area contributed by atoms with Gasteiger partial charge in [0.2, 0.25) is 0 Å². The standard InChI is InChI=1S/C32H70N2/c1-7-9-11-13-14-15-16-17-18-19-20-21-22-26-30-34(5,6)32-28-24-23-27-31-33(3,4)29-25-12-10-8-2/h7-32H2,1-6H3/q+2. The molecule has 0 saturated heterocycles. The maximum Gasteiger partial charge on any atom is 0.0782 e. The molecule has 0 aliphatic heterocycles. The quantitative estimate of drug-likeness (QED) is 0.0807. The third kappa shape index (κ3) is 25.0. The van der Waals surface area contributed by atoms with Gasteiger partial charge >= 0.3 is 0 Å². The van der Waals surface area contributed by atoms with E-state index in [9.17, 15) is 0 Å². The zero-order valence-corrected chi connectivity index (χ0v) is 25.3. The summed E-state index contributed by atoms with van der Waals surface area (Å²) in [6, 6.07) is 0. The number of unbranched alkanes of at least 4 members (excludes halogenated alkanes) is 19. The third-order valence-electron chi connectivity index (χ3n) is 8.01. The Morgan fingerprint density at radius 1 is 0.265 bits per heavy atom. The molecule has 34 heavy (non-hydrogen) atoms. The molecule has 0 aliphatic rings. The first-order valence-corrected chi connectivity index (χ1v) is 16.0. The van der Waals surface area contributed by atoms with E-state index in [-0.39, 0.29) is 0 Å². The van der Waals surface area contributed by atoms with E-state index < -0.39 is 0 Å². The van der Waals surface area contributed by atoms with Gasteiger partial charge in [0.1, 0.15) is 0 Å². The first-order valence-electron chi connectivity index (χ1n) is 16.0. The number of rotatable bonds is 27. The van der Waals surface area contributed by atoms with Crippen LogP contribution >= 0.6 is 0 Å². The summed E-state index contributed by atoms with van der Waals surface area (Å²) in [5, 5.41) is 0. The van der Waals surface area contributed by atoms with Gasteiger partial charge in [-0.05, 0) is 51.4 Å². The molecule has 0 aromatic rings. The molecule has 0 aromatic heterocycles. The van der Waals surface area contributed by atoms with Crippen molar-refractivity contribution in [2.45, 2.75) is 155 Å². The van der Waals surface area contributed by atoms with E-state index in [1.54, 1.807) is 0 Å². The average Bonchev–Trinajstić information content (AvgIpc) is 2.79. The van der Waals surface area contributed by atoms with Gasteiger partial charge in [-0.1, -0.05) is 104 Å². The lowest BCUT2D eigenvalue weighted by atomic mass is 10.0. The predicted octanol–water partition coefficient (Wildman–Crippen LogP) is 9.76. The molecule has 206 valence electrons. The zero-order valence-electron chi connectivity index (χ0n) is 25.3. The Bertz CT molecular complexity index is 402. The molecule has 0 fully saturated rings. The minimum atomic E-state index is 1.23. The van der Waals surface area contributed by atoms with E-state index in [4.69, 9.17) is 0 Å². The Labute approximate surface area is 218 Å². The van der Waals surface area contributed by atoms with Gasteiger partial charge in [0.05, 0.1) is 54.4 Å². The maximum atomic E-state index is 2.46. The van der Waals surface area contributed by atoms with E-state index in [2.05, 4.69) is 42.0 Å². The number of hydrogen-bond donors (Lipinski definition) is 0. The van der Waals surface area contributed by atoms with Crippen molar-refractivity contribution in [3.05, 3.63) is 0 Å². The highest BCUT2D eigenvalue weighted by atomic mass is 15.3. The highest BCUT2D eigenvalue weighted by Crippen LogP contribution is 2.14. The topological polar surface area (TPSA) is 0 Å². The Morgan fingerprint density at radius 3 is 0.676 bits per heavy atom. The van der Waals surface area contributed by atoms with Gasteiger partial charge in [-0.2, -0.15) is 0 Å². The van der Waals surface area contributed by atoms with Gasteiger partial charge in [0, 0.05) is 0 Å². The molecule has 0 heterocycles. The van der Waals surface area contributed by atoms with Crippen molar-refractivity contribution in [3.8, 4) is 0 Å². The molecule has 0 atom stereocenters. The van der Waals surface area contributed by atoms with Gasteiger partial charge in [-0.25, -0.2) is 0 Å². The molecule has 0 amide bonds. The molecule has 0 N–H and O–H groups in total. The Morgan fingerprint density at radius 2 is 0.441 bits per heavy atom. The molecule has 2 nitrogen and oxygen atoms in total. The second-order valence-electron chi connectivity index (χ2n) is 12.8. The summed E-state index contributed by atoms with van der Waals surface area (Å²) in [6.45, 7) is 10.1. The minimum absolute atomic E-state index is 1.23. The molecular formula is C32H70N2+2. The van der Waals surface area contributed by atoms with Gasteiger partial charge < -0.3 is 8.97 Å².